The Labute approximate surface area is 179 Å². The number of nitrogens with zero attached hydrogens (tertiary/aromatic N) is 4. The Morgan fingerprint density at radius 1 is 1.17 bits per heavy atom. The van der Waals surface area contributed by atoms with Gasteiger partial charge < -0.3 is 4.90 Å². The maximum absolute atomic E-state index is 14.0. The highest BCUT2D eigenvalue weighted by atomic mass is 16.2. The second-order valence-electron chi connectivity index (χ2n) is 9.86. The number of likely N-dealkylation sites (tertiary alicyclic amines) is 1. The summed E-state index contributed by atoms with van der Waals surface area (Å²) in [6.07, 6.45) is 5.31. The Balaban J connectivity index is 1.32. The molecular formula is C25H32N4O. The minimum Gasteiger partial charge on any atom is -0.337 e. The summed E-state index contributed by atoms with van der Waals surface area (Å²) in [5.74, 6) is 0.869. The number of aryl methyl sites for hydroxylation is 2. The molecule has 3 atom stereocenters. The first-order valence-corrected chi connectivity index (χ1v) is 11.7. The van der Waals surface area contributed by atoms with Crippen LogP contribution in [0.3, 0.4) is 0 Å². The van der Waals surface area contributed by atoms with Crippen molar-refractivity contribution in [1.29, 1.82) is 0 Å². The monoisotopic (exact) mass is 404 g/mol. The number of hydrogen-bond acceptors (Lipinski definition) is 3. The van der Waals surface area contributed by atoms with Crippen LogP contribution in [0.5, 0.6) is 0 Å². The summed E-state index contributed by atoms with van der Waals surface area (Å²) in [4.78, 5) is 18.9. The Morgan fingerprint density at radius 3 is 2.57 bits per heavy atom. The fraction of sp³-hybridized carbons (Fsp3) is 0.600. The fourth-order valence-corrected chi connectivity index (χ4v) is 7.37. The van der Waals surface area contributed by atoms with Gasteiger partial charge in [0.05, 0.1) is 5.69 Å². The van der Waals surface area contributed by atoms with Crippen LogP contribution in [-0.4, -0.2) is 50.2 Å². The zero-order valence-electron chi connectivity index (χ0n) is 18.4. The third-order valence-corrected chi connectivity index (χ3v) is 8.62. The molecule has 1 aromatic carbocycles. The van der Waals surface area contributed by atoms with Crippen molar-refractivity contribution in [3.63, 3.8) is 0 Å². The summed E-state index contributed by atoms with van der Waals surface area (Å²) in [5, 5.41) is 4.79. The van der Waals surface area contributed by atoms with Crippen LogP contribution in [0.4, 0.5) is 0 Å². The summed E-state index contributed by atoms with van der Waals surface area (Å²) in [6, 6.07) is 9.44. The summed E-state index contributed by atoms with van der Waals surface area (Å²) in [6.45, 7) is 9.40. The van der Waals surface area contributed by atoms with Gasteiger partial charge in [0.15, 0.2) is 0 Å². The maximum Gasteiger partial charge on any atom is 0.243 e. The van der Waals surface area contributed by atoms with Gasteiger partial charge >= 0.3 is 0 Å². The van der Waals surface area contributed by atoms with Gasteiger partial charge in [0.1, 0.15) is 5.54 Å². The molecule has 0 bridgehead atoms. The number of carbonyl (C=O) groups excluding carboxylic acids is 1. The highest BCUT2D eigenvalue weighted by Crippen LogP contribution is 2.57. The lowest BCUT2D eigenvalue weighted by molar-refractivity contribution is -0.138. The SMILES string of the molecule is CCn1nc(C)c([C@@H]2C[C@H]3CN(C4Cc5ccccc5C4)C(=O)[C@]34CCCN24)c1C. The third-order valence-electron chi connectivity index (χ3n) is 8.62. The predicted molar refractivity (Wildman–Crippen MR) is 116 cm³/mol. The van der Waals surface area contributed by atoms with Gasteiger partial charge in [0.25, 0.3) is 0 Å². The number of hydrogen-bond donors (Lipinski definition) is 0. The molecular weight excluding hydrogens is 372 g/mol. The van der Waals surface area contributed by atoms with E-state index in [0.717, 1.165) is 57.4 Å². The Morgan fingerprint density at radius 2 is 1.90 bits per heavy atom. The van der Waals surface area contributed by atoms with E-state index < -0.39 is 0 Å². The van der Waals surface area contributed by atoms with Gasteiger partial charge in [-0.1, -0.05) is 24.3 Å². The largest absolute Gasteiger partial charge is 0.337 e. The Bertz CT molecular complexity index is 1000. The molecule has 0 N–H and O–H groups in total. The van der Waals surface area contributed by atoms with E-state index >= 15 is 0 Å². The molecule has 5 heteroatoms. The topological polar surface area (TPSA) is 41.4 Å². The van der Waals surface area contributed by atoms with E-state index in [1.807, 2.05) is 0 Å². The van der Waals surface area contributed by atoms with Crippen molar-refractivity contribution in [2.45, 2.75) is 77.0 Å². The van der Waals surface area contributed by atoms with Crippen molar-refractivity contribution >= 4 is 5.91 Å². The van der Waals surface area contributed by atoms with E-state index in [-0.39, 0.29) is 5.54 Å². The molecule has 0 radical (unpaired) electrons. The number of rotatable bonds is 3. The third kappa shape index (κ3) is 2.27. The standard InChI is InChI=1S/C25H32N4O/c1-4-29-17(3)23(16(2)26-29)22-14-20-15-27(24(30)25(20)10-7-11-28(22)25)21-12-18-8-5-6-9-19(18)13-21/h5-6,8-9,20-22H,4,7,10-15H2,1-3H3/t20-,22-,25-/m0/s1. The lowest BCUT2D eigenvalue weighted by atomic mass is 9.85. The van der Waals surface area contributed by atoms with E-state index in [4.69, 9.17) is 5.10 Å². The van der Waals surface area contributed by atoms with E-state index in [2.05, 4.69) is 59.5 Å². The van der Waals surface area contributed by atoms with Crippen LogP contribution in [0.25, 0.3) is 0 Å². The van der Waals surface area contributed by atoms with Crippen LogP contribution in [0.2, 0.25) is 0 Å². The molecule has 4 aliphatic rings. The molecule has 1 aromatic heterocycles. The minimum absolute atomic E-state index is 0.257. The van der Waals surface area contributed by atoms with E-state index in [1.165, 1.54) is 22.4 Å². The van der Waals surface area contributed by atoms with Crippen LogP contribution in [-0.2, 0) is 24.2 Å². The van der Waals surface area contributed by atoms with Gasteiger partial charge in [0.2, 0.25) is 5.91 Å². The smallest absolute Gasteiger partial charge is 0.243 e. The number of aromatic nitrogens is 2. The first-order chi connectivity index (χ1) is 14.5. The zero-order valence-corrected chi connectivity index (χ0v) is 18.4. The van der Waals surface area contributed by atoms with Crippen molar-refractivity contribution in [2.75, 3.05) is 13.1 Å². The van der Waals surface area contributed by atoms with Crippen molar-refractivity contribution < 1.29 is 4.79 Å². The van der Waals surface area contributed by atoms with Gasteiger partial charge in [-0.2, -0.15) is 5.10 Å². The van der Waals surface area contributed by atoms with Gasteiger partial charge in [-0.3, -0.25) is 14.4 Å². The normalized spacial score (nSPS) is 30.9. The van der Waals surface area contributed by atoms with Gasteiger partial charge in [-0.25, -0.2) is 0 Å². The number of benzene rings is 1. The second kappa shape index (κ2) is 6.43. The molecule has 1 aliphatic carbocycles. The molecule has 30 heavy (non-hydrogen) atoms. The lowest BCUT2D eigenvalue weighted by Gasteiger charge is -2.35. The Hall–Kier alpha value is -2.14. The van der Waals surface area contributed by atoms with E-state index in [1.54, 1.807) is 0 Å². The molecule has 1 amide bonds. The van der Waals surface area contributed by atoms with Crippen molar-refractivity contribution in [1.82, 2.24) is 19.6 Å². The van der Waals surface area contributed by atoms with Crippen LogP contribution in [0.15, 0.2) is 24.3 Å². The van der Waals surface area contributed by atoms with E-state index in [9.17, 15) is 4.79 Å². The zero-order chi connectivity index (χ0) is 20.6. The predicted octanol–water partition coefficient (Wildman–Crippen LogP) is 3.43. The molecule has 2 aromatic rings. The molecule has 0 saturated carbocycles. The van der Waals surface area contributed by atoms with Crippen LogP contribution in [0, 0.1) is 19.8 Å². The number of carbonyl (C=O) groups is 1. The summed E-state index contributed by atoms with van der Waals surface area (Å²) < 4.78 is 2.13. The molecule has 5 nitrogen and oxygen atoms in total. The fourth-order valence-electron chi connectivity index (χ4n) is 7.37. The average Bonchev–Trinajstić information content (AvgIpc) is 3.50. The summed E-state index contributed by atoms with van der Waals surface area (Å²) >= 11 is 0. The van der Waals surface area contributed by atoms with Crippen molar-refractivity contribution in [3.05, 3.63) is 52.3 Å². The molecule has 3 aliphatic heterocycles. The first-order valence-electron chi connectivity index (χ1n) is 11.7. The Kier molecular flexibility index (Phi) is 3.99. The number of amides is 1. The van der Waals surface area contributed by atoms with Gasteiger partial charge in [-0.15, -0.1) is 0 Å². The van der Waals surface area contributed by atoms with Gasteiger partial charge in [0, 0.05) is 42.3 Å². The second-order valence-corrected chi connectivity index (χ2v) is 9.86. The maximum atomic E-state index is 14.0. The highest BCUT2D eigenvalue weighted by molar-refractivity contribution is 5.90. The average molecular weight is 405 g/mol. The number of fused-ring (bicyclic) bond motifs is 1. The minimum atomic E-state index is -0.257. The molecule has 158 valence electrons. The molecule has 3 saturated heterocycles. The quantitative estimate of drug-likeness (QED) is 0.787. The highest BCUT2D eigenvalue weighted by Gasteiger charge is 2.66. The van der Waals surface area contributed by atoms with Crippen LogP contribution < -0.4 is 0 Å². The summed E-state index contributed by atoms with van der Waals surface area (Å²) in [5.41, 5.74) is 6.44. The van der Waals surface area contributed by atoms with Crippen LogP contribution >= 0.6 is 0 Å². The molecule has 6 rings (SSSR count). The van der Waals surface area contributed by atoms with Crippen molar-refractivity contribution in [3.8, 4) is 0 Å². The summed E-state index contributed by atoms with van der Waals surface area (Å²) in [7, 11) is 0. The van der Waals surface area contributed by atoms with Crippen LogP contribution in [0.1, 0.15) is 60.3 Å². The van der Waals surface area contributed by atoms with Gasteiger partial charge in [-0.05, 0) is 70.5 Å². The van der Waals surface area contributed by atoms with Crippen molar-refractivity contribution in [2.24, 2.45) is 5.92 Å². The lowest BCUT2D eigenvalue weighted by Crippen LogP contribution is -2.51. The molecule has 4 heterocycles. The first kappa shape index (κ1) is 18.6. The molecule has 1 spiro atoms. The molecule has 0 unspecified atom stereocenters. The molecule has 3 fully saturated rings. The van der Waals surface area contributed by atoms with E-state index in [0.29, 0.717) is 23.9 Å².